The van der Waals surface area contributed by atoms with Gasteiger partial charge in [-0.2, -0.15) is 0 Å². The molecule has 232 valence electrons. The van der Waals surface area contributed by atoms with Gasteiger partial charge in [0.1, 0.15) is 5.69 Å². The lowest BCUT2D eigenvalue weighted by atomic mass is 9.95. The highest BCUT2D eigenvalue weighted by molar-refractivity contribution is 6.00. The predicted octanol–water partition coefficient (Wildman–Crippen LogP) is 4.48. The van der Waals surface area contributed by atoms with Crippen LogP contribution in [0.5, 0.6) is 11.5 Å². The van der Waals surface area contributed by atoms with Gasteiger partial charge in [0.25, 0.3) is 5.69 Å². The van der Waals surface area contributed by atoms with Gasteiger partial charge >= 0.3 is 0 Å². The number of aromatic nitrogens is 3. The number of nitro groups is 1. The van der Waals surface area contributed by atoms with Crippen LogP contribution >= 0.6 is 0 Å². The van der Waals surface area contributed by atoms with Gasteiger partial charge in [-0.05, 0) is 25.0 Å². The topological polar surface area (TPSA) is 159 Å². The standard InChI is InChI=1S/C32H32N6O7/c1-20(39)24-17-27(44-3)28(18-26(24)38(42)43)45-16-8-13-29(40)33-15-14-30(41)37-19-21-9-4-5-10-22(21)32-31(34-35-36(32)2)23-11-6-7-12-25(23)37/h4-7,9-12,17-18H,8,13-16,19H2,1-3H3,(H,33,40). The second-order valence-electron chi connectivity index (χ2n) is 10.4. The Labute approximate surface area is 258 Å². The summed E-state index contributed by atoms with van der Waals surface area (Å²) in [5.74, 6) is -0.613. The third-order valence-electron chi connectivity index (χ3n) is 7.50. The fraction of sp³-hybridized carbons (Fsp3) is 0.281. The summed E-state index contributed by atoms with van der Waals surface area (Å²) in [4.78, 5) is 50.4. The van der Waals surface area contributed by atoms with Crippen molar-refractivity contribution in [2.24, 2.45) is 7.05 Å². The molecule has 0 radical (unpaired) electrons. The molecule has 45 heavy (non-hydrogen) atoms. The quantitative estimate of drug-likeness (QED) is 0.112. The monoisotopic (exact) mass is 612 g/mol. The summed E-state index contributed by atoms with van der Waals surface area (Å²) in [5, 5.41) is 22.9. The minimum absolute atomic E-state index is 0.0770. The van der Waals surface area contributed by atoms with Crippen LogP contribution in [0.3, 0.4) is 0 Å². The van der Waals surface area contributed by atoms with Crippen LogP contribution in [0.1, 0.15) is 42.1 Å². The Kier molecular flexibility index (Phi) is 9.17. The molecule has 1 aliphatic heterocycles. The summed E-state index contributed by atoms with van der Waals surface area (Å²) in [6.07, 6.45) is 0.497. The van der Waals surface area contributed by atoms with Crippen molar-refractivity contribution in [1.82, 2.24) is 20.3 Å². The minimum atomic E-state index is -0.657. The lowest BCUT2D eigenvalue weighted by Gasteiger charge is -2.28. The van der Waals surface area contributed by atoms with Gasteiger partial charge in [-0.1, -0.05) is 47.7 Å². The van der Waals surface area contributed by atoms with E-state index in [2.05, 4.69) is 15.6 Å². The molecular weight excluding hydrogens is 580 g/mol. The van der Waals surface area contributed by atoms with Crippen LogP contribution < -0.4 is 19.7 Å². The molecule has 1 aromatic heterocycles. The predicted molar refractivity (Wildman–Crippen MR) is 165 cm³/mol. The van der Waals surface area contributed by atoms with E-state index in [1.54, 1.807) is 9.58 Å². The maximum atomic E-state index is 13.6. The third-order valence-corrected chi connectivity index (χ3v) is 7.50. The zero-order chi connectivity index (χ0) is 32.1. The van der Waals surface area contributed by atoms with Crippen LogP contribution in [0.4, 0.5) is 11.4 Å². The summed E-state index contributed by atoms with van der Waals surface area (Å²) in [5.41, 5.74) is 4.52. The third kappa shape index (κ3) is 6.51. The second-order valence-corrected chi connectivity index (χ2v) is 10.4. The van der Waals surface area contributed by atoms with Gasteiger partial charge in [-0.3, -0.25) is 24.5 Å². The molecule has 2 heterocycles. The first-order chi connectivity index (χ1) is 21.7. The molecule has 0 fully saturated rings. The Balaban J connectivity index is 1.19. The molecule has 2 amide bonds. The highest BCUT2D eigenvalue weighted by Crippen LogP contribution is 2.41. The van der Waals surface area contributed by atoms with Crippen LogP contribution in [0.25, 0.3) is 22.5 Å². The van der Waals surface area contributed by atoms with Gasteiger partial charge in [0.2, 0.25) is 11.8 Å². The number of nitro benzene ring substituents is 1. The first kappa shape index (κ1) is 30.9. The molecule has 5 rings (SSSR count). The molecule has 1 N–H and O–H groups in total. The zero-order valence-electron chi connectivity index (χ0n) is 25.1. The van der Waals surface area contributed by atoms with Crippen molar-refractivity contribution in [3.8, 4) is 34.0 Å². The van der Waals surface area contributed by atoms with Crippen LogP contribution in [0, 0.1) is 10.1 Å². The number of anilines is 1. The first-order valence-corrected chi connectivity index (χ1v) is 14.3. The van der Waals surface area contributed by atoms with E-state index < -0.39 is 10.7 Å². The Morgan fingerprint density at radius 1 is 1.02 bits per heavy atom. The van der Waals surface area contributed by atoms with E-state index >= 15 is 0 Å². The minimum Gasteiger partial charge on any atom is -0.493 e. The van der Waals surface area contributed by atoms with E-state index in [4.69, 9.17) is 9.47 Å². The molecule has 0 unspecified atom stereocenters. The number of carbonyl (C=O) groups is 3. The van der Waals surface area contributed by atoms with E-state index in [1.165, 1.54) is 20.1 Å². The van der Waals surface area contributed by atoms with Gasteiger partial charge in [-0.25, -0.2) is 4.68 Å². The molecule has 4 aromatic rings. The van der Waals surface area contributed by atoms with E-state index in [0.717, 1.165) is 28.5 Å². The Morgan fingerprint density at radius 3 is 2.49 bits per heavy atom. The summed E-state index contributed by atoms with van der Waals surface area (Å²) in [6.45, 7) is 1.79. The molecule has 0 spiro atoms. The fourth-order valence-corrected chi connectivity index (χ4v) is 5.32. The molecule has 0 aliphatic carbocycles. The average Bonchev–Trinajstić information content (AvgIpc) is 3.40. The summed E-state index contributed by atoms with van der Waals surface area (Å²) in [6, 6.07) is 17.9. The van der Waals surface area contributed by atoms with Crippen molar-refractivity contribution in [2.75, 3.05) is 25.2 Å². The van der Waals surface area contributed by atoms with E-state index in [9.17, 15) is 24.5 Å². The molecule has 0 bridgehead atoms. The number of carbonyl (C=O) groups excluding carboxylic acids is 3. The number of methoxy groups -OCH3 is 1. The second kappa shape index (κ2) is 13.4. The smallest absolute Gasteiger partial charge is 0.284 e. The summed E-state index contributed by atoms with van der Waals surface area (Å²) >= 11 is 0. The number of ketones is 1. The van der Waals surface area contributed by atoms with Crippen LogP contribution in [0.15, 0.2) is 60.7 Å². The molecule has 3 aromatic carbocycles. The number of rotatable bonds is 11. The largest absolute Gasteiger partial charge is 0.493 e. The lowest BCUT2D eigenvalue weighted by Crippen LogP contribution is -2.35. The van der Waals surface area contributed by atoms with E-state index in [1.807, 2.05) is 55.6 Å². The normalized spacial score (nSPS) is 11.8. The number of amides is 2. The van der Waals surface area contributed by atoms with Gasteiger partial charge in [0.15, 0.2) is 17.3 Å². The number of benzene rings is 3. The number of aryl methyl sites for hydroxylation is 1. The fourth-order valence-electron chi connectivity index (χ4n) is 5.32. The molecule has 0 atom stereocenters. The maximum Gasteiger partial charge on any atom is 0.284 e. The van der Waals surface area contributed by atoms with Crippen molar-refractivity contribution in [1.29, 1.82) is 0 Å². The highest BCUT2D eigenvalue weighted by Gasteiger charge is 2.28. The van der Waals surface area contributed by atoms with Crippen LogP contribution in [0.2, 0.25) is 0 Å². The van der Waals surface area contributed by atoms with Gasteiger partial charge < -0.3 is 19.7 Å². The highest BCUT2D eigenvalue weighted by atomic mass is 16.6. The number of hydrogen-bond donors (Lipinski definition) is 1. The molecule has 13 nitrogen and oxygen atoms in total. The first-order valence-electron chi connectivity index (χ1n) is 14.3. The number of nitrogens with one attached hydrogen (secondary N) is 1. The SMILES string of the molecule is COc1cc(C(C)=O)c([N+](=O)[O-])cc1OCCCC(=O)NCCC(=O)N1Cc2ccccc2-c2c(nnn2C)-c2ccccc21. The molecule has 13 heteroatoms. The van der Waals surface area contributed by atoms with Crippen molar-refractivity contribution in [2.45, 2.75) is 32.7 Å². The number of hydrogen-bond acceptors (Lipinski definition) is 9. The van der Waals surface area contributed by atoms with Gasteiger partial charge in [-0.15, -0.1) is 5.10 Å². The zero-order valence-corrected chi connectivity index (χ0v) is 25.1. The summed E-state index contributed by atoms with van der Waals surface area (Å²) in [7, 11) is 3.21. The number of Topliss-reactive ketones (excluding diaryl/α,β-unsaturated/α-hetero) is 1. The van der Waals surface area contributed by atoms with Crippen molar-refractivity contribution in [3.63, 3.8) is 0 Å². The molecule has 1 aliphatic rings. The number of nitrogens with zero attached hydrogens (tertiary/aromatic N) is 5. The van der Waals surface area contributed by atoms with Crippen LogP contribution in [-0.4, -0.2) is 57.8 Å². The Morgan fingerprint density at radius 2 is 1.76 bits per heavy atom. The Bertz CT molecular complexity index is 1780. The number of para-hydroxylation sites is 1. The average molecular weight is 613 g/mol. The van der Waals surface area contributed by atoms with Gasteiger partial charge in [0.05, 0.1) is 48.2 Å². The molecular formula is C32H32N6O7. The Hall–Kier alpha value is -5.59. The number of ether oxygens (including phenoxy) is 2. The van der Waals surface area contributed by atoms with Gasteiger partial charge in [0, 0.05) is 43.6 Å². The number of fused-ring (bicyclic) bond motifs is 5. The van der Waals surface area contributed by atoms with Crippen molar-refractivity contribution in [3.05, 3.63) is 81.9 Å². The van der Waals surface area contributed by atoms with E-state index in [0.29, 0.717) is 24.3 Å². The summed E-state index contributed by atoms with van der Waals surface area (Å²) < 4.78 is 12.6. The van der Waals surface area contributed by atoms with E-state index in [-0.39, 0.29) is 60.6 Å². The molecule has 0 saturated heterocycles. The van der Waals surface area contributed by atoms with Crippen LogP contribution in [-0.2, 0) is 23.2 Å². The van der Waals surface area contributed by atoms with Crippen molar-refractivity contribution < 1.29 is 28.8 Å². The lowest BCUT2D eigenvalue weighted by molar-refractivity contribution is -0.385. The maximum absolute atomic E-state index is 13.6. The molecule has 0 saturated carbocycles. The van der Waals surface area contributed by atoms with Crippen molar-refractivity contribution >= 4 is 29.0 Å².